The minimum Gasteiger partial charge on any atom is -0.305 e. The molecule has 22 heavy (non-hydrogen) atoms. The standard InChI is InChI=1S/C17H10ClN3O/c18-13-6-7-14-15(9-13)20-16(21-17(14)22)12(10-19)8-11-4-2-1-3-5-11/h1-9H,(H,20,21,22). The van der Waals surface area contributed by atoms with Crippen LogP contribution in [0.15, 0.2) is 53.3 Å². The van der Waals surface area contributed by atoms with Crippen LogP contribution in [0.5, 0.6) is 0 Å². The van der Waals surface area contributed by atoms with Crippen LogP contribution in [-0.4, -0.2) is 9.97 Å². The Morgan fingerprint density at radius 1 is 1.23 bits per heavy atom. The molecular weight excluding hydrogens is 298 g/mol. The molecule has 1 heterocycles. The molecule has 0 aliphatic rings. The van der Waals surface area contributed by atoms with E-state index in [9.17, 15) is 10.1 Å². The Balaban J connectivity index is 2.18. The van der Waals surface area contributed by atoms with Crippen molar-refractivity contribution in [3.8, 4) is 6.07 Å². The highest BCUT2D eigenvalue weighted by atomic mass is 35.5. The maximum atomic E-state index is 12.1. The van der Waals surface area contributed by atoms with Crippen molar-refractivity contribution >= 4 is 34.2 Å². The fourth-order valence-corrected chi connectivity index (χ4v) is 2.28. The lowest BCUT2D eigenvalue weighted by atomic mass is 10.1. The number of hydrogen-bond donors (Lipinski definition) is 1. The molecule has 0 saturated heterocycles. The van der Waals surface area contributed by atoms with E-state index in [1.54, 1.807) is 24.3 Å². The third-order valence-corrected chi connectivity index (χ3v) is 3.39. The fourth-order valence-electron chi connectivity index (χ4n) is 2.11. The SMILES string of the molecule is N#CC(=Cc1ccccc1)c1nc2cc(Cl)ccc2c(=O)[nH]1. The highest BCUT2D eigenvalue weighted by Crippen LogP contribution is 2.18. The molecule has 0 radical (unpaired) electrons. The first-order chi connectivity index (χ1) is 10.7. The van der Waals surface area contributed by atoms with Gasteiger partial charge in [0.1, 0.15) is 6.07 Å². The van der Waals surface area contributed by atoms with Gasteiger partial charge >= 0.3 is 0 Å². The molecule has 1 N–H and O–H groups in total. The van der Waals surface area contributed by atoms with Crippen molar-refractivity contribution < 1.29 is 0 Å². The lowest BCUT2D eigenvalue weighted by molar-refractivity contribution is 1.13. The van der Waals surface area contributed by atoms with E-state index in [1.165, 1.54) is 0 Å². The minimum absolute atomic E-state index is 0.228. The van der Waals surface area contributed by atoms with Crippen molar-refractivity contribution in [2.75, 3.05) is 0 Å². The van der Waals surface area contributed by atoms with E-state index < -0.39 is 0 Å². The average Bonchev–Trinajstić information content (AvgIpc) is 2.53. The molecule has 5 heteroatoms. The molecule has 0 amide bonds. The lowest BCUT2D eigenvalue weighted by Gasteiger charge is -2.02. The van der Waals surface area contributed by atoms with Crippen LogP contribution >= 0.6 is 11.6 Å². The van der Waals surface area contributed by atoms with Crippen molar-refractivity contribution in [3.05, 3.63) is 75.3 Å². The Morgan fingerprint density at radius 3 is 2.73 bits per heavy atom. The average molecular weight is 308 g/mol. The topological polar surface area (TPSA) is 69.5 Å². The number of H-pyrrole nitrogens is 1. The summed E-state index contributed by atoms with van der Waals surface area (Å²) in [6, 6.07) is 16.3. The van der Waals surface area contributed by atoms with Gasteiger partial charge in [0, 0.05) is 5.02 Å². The van der Waals surface area contributed by atoms with Crippen LogP contribution in [0.4, 0.5) is 0 Å². The summed E-state index contributed by atoms with van der Waals surface area (Å²) >= 11 is 5.93. The summed E-state index contributed by atoms with van der Waals surface area (Å²) in [5.41, 5.74) is 1.30. The molecule has 3 aromatic rings. The van der Waals surface area contributed by atoms with Gasteiger partial charge in [0.2, 0.25) is 0 Å². The number of hydrogen-bond acceptors (Lipinski definition) is 3. The van der Waals surface area contributed by atoms with Crippen molar-refractivity contribution in [1.82, 2.24) is 9.97 Å². The summed E-state index contributed by atoms with van der Waals surface area (Å²) in [7, 11) is 0. The third kappa shape index (κ3) is 2.76. The second kappa shape index (κ2) is 5.84. The lowest BCUT2D eigenvalue weighted by Crippen LogP contribution is -2.11. The van der Waals surface area contributed by atoms with Crippen LogP contribution in [0.25, 0.3) is 22.6 Å². The highest BCUT2D eigenvalue weighted by molar-refractivity contribution is 6.31. The number of nitrogens with zero attached hydrogens (tertiary/aromatic N) is 2. The summed E-state index contributed by atoms with van der Waals surface area (Å²) in [6.45, 7) is 0. The molecule has 0 spiro atoms. The summed E-state index contributed by atoms with van der Waals surface area (Å²) in [4.78, 5) is 19.1. The van der Waals surface area contributed by atoms with Gasteiger partial charge in [-0.05, 0) is 29.8 Å². The smallest absolute Gasteiger partial charge is 0.259 e. The van der Waals surface area contributed by atoms with Crippen LogP contribution < -0.4 is 5.56 Å². The first-order valence-corrected chi connectivity index (χ1v) is 6.92. The van der Waals surface area contributed by atoms with E-state index in [2.05, 4.69) is 16.0 Å². The molecular formula is C17H10ClN3O. The van der Waals surface area contributed by atoms with Gasteiger partial charge in [0.25, 0.3) is 5.56 Å². The van der Waals surface area contributed by atoms with E-state index in [4.69, 9.17) is 11.6 Å². The number of fused-ring (bicyclic) bond motifs is 1. The molecule has 4 nitrogen and oxygen atoms in total. The van der Waals surface area contributed by atoms with Crippen molar-refractivity contribution in [2.45, 2.75) is 0 Å². The number of aromatic nitrogens is 2. The largest absolute Gasteiger partial charge is 0.305 e. The molecule has 2 aromatic carbocycles. The van der Waals surface area contributed by atoms with Gasteiger partial charge in [-0.1, -0.05) is 41.9 Å². The number of halogens is 1. The van der Waals surface area contributed by atoms with Crippen LogP contribution in [0, 0.1) is 11.3 Å². The summed E-state index contributed by atoms with van der Waals surface area (Å²) in [6.07, 6.45) is 1.68. The van der Waals surface area contributed by atoms with Crippen molar-refractivity contribution in [2.24, 2.45) is 0 Å². The predicted octanol–water partition coefficient (Wildman–Crippen LogP) is 3.64. The summed E-state index contributed by atoms with van der Waals surface area (Å²) in [5.74, 6) is 0.228. The molecule has 0 bridgehead atoms. The number of nitrogens with one attached hydrogen (secondary N) is 1. The minimum atomic E-state index is -0.300. The van der Waals surface area contributed by atoms with Crippen LogP contribution in [0.2, 0.25) is 5.02 Å². The van der Waals surface area contributed by atoms with E-state index in [-0.39, 0.29) is 17.0 Å². The number of aromatic amines is 1. The van der Waals surface area contributed by atoms with E-state index >= 15 is 0 Å². The first kappa shape index (κ1) is 14.1. The molecule has 0 aliphatic heterocycles. The number of benzene rings is 2. The highest BCUT2D eigenvalue weighted by Gasteiger charge is 2.08. The number of rotatable bonds is 2. The number of allylic oxidation sites excluding steroid dienone is 1. The maximum Gasteiger partial charge on any atom is 0.259 e. The zero-order chi connectivity index (χ0) is 15.5. The quantitative estimate of drug-likeness (QED) is 0.735. The van der Waals surface area contributed by atoms with Gasteiger partial charge in [-0.3, -0.25) is 4.79 Å². The Kier molecular flexibility index (Phi) is 3.73. The molecule has 0 saturated carbocycles. The maximum absolute atomic E-state index is 12.1. The van der Waals surface area contributed by atoms with Gasteiger partial charge in [-0.2, -0.15) is 5.26 Å². The molecule has 106 valence electrons. The van der Waals surface area contributed by atoms with Gasteiger partial charge in [0.15, 0.2) is 5.82 Å². The molecule has 1 aromatic heterocycles. The van der Waals surface area contributed by atoms with Gasteiger partial charge in [-0.15, -0.1) is 0 Å². The van der Waals surface area contributed by atoms with Gasteiger partial charge in [0.05, 0.1) is 16.5 Å². The first-order valence-electron chi connectivity index (χ1n) is 6.54. The predicted molar refractivity (Wildman–Crippen MR) is 87.3 cm³/mol. The zero-order valence-electron chi connectivity index (χ0n) is 11.4. The molecule has 0 atom stereocenters. The monoisotopic (exact) mass is 307 g/mol. The summed E-state index contributed by atoms with van der Waals surface area (Å²) in [5, 5.41) is 10.3. The van der Waals surface area contributed by atoms with Gasteiger partial charge < -0.3 is 4.98 Å². The molecule has 0 unspecified atom stereocenters. The van der Waals surface area contributed by atoms with Crippen molar-refractivity contribution in [1.29, 1.82) is 5.26 Å². The Hall–Kier alpha value is -2.90. The molecule has 0 fully saturated rings. The van der Waals surface area contributed by atoms with E-state index in [0.29, 0.717) is 15.9 Å². The second-order valence-corrected chi connectivity index (χ2v) is 5.09. The number of nitriles is 1. The van der Waals surface area contributed by atoms with Crippen LogP contribution in [0.1, 0.15) is 11.4 Å². The summed E-state index contributed by atoms with van der Waals surface area (Å²) < 4.78 is 0. The zero-order valence-corrected chi connectivity index (χ0v) is 12.1. The van der Waals surface area contributed by atoms with Crippen LogP contribution in [-0.2, 0) is 0 Å². The van der Waals surface area contributed by atoms with E-state index in [0.717, 1.165) is 5.56 Å². The normalized spacial score (nSPS) is 11.4. The Labute approximate surface area is 131 Å². The van der Waals surface area contributed by atoms with Gasteiger partial charge in [-0.25, -0.2) is 4.98 Å². The second-order valence-electron chi connectivity index (χ2n) is 4.66. The third-order valence-electron chi connectivity index (χ3n) is 3.15. The Morgan fingerprint density at radius 2 is 2.00 bits per heavy atom. The van der Waals surface area contributed by atoms with Crippen LogP contribution in [0.3, 0.4) is 0 Å². The molecule has 0 aliphatic carbocycles. The van der Waals surface area contributed by atoms with Crippen molar-refractivity contribution in [3.63, 3.8) is 0 Å². The Bertz CT molecular complexity index is 969. The van der Waals surface area contributed by atoms with E-state index in [1.807, 2.05) is 30.3 Å². The molecule has 3 rings (SSSR count). The fraction of sp³-hybridized carbons (Fsp3) is 0.